The number of alkyl halides is 5. The van der Waals surface area contributed by atoms with Crippen molar-refractivity contribution >= 4 is 35.3 Å². The van der Waals surface area contributed by atoms with Crippen LogP contribution in [0, 0.1) is 0 Å². The molecule has 2 aliphatic carbocycles. The van der Waals surface area contributed by atoms with Crippen LogP contribution >= 0.6 is 0 Å². The Morgan fingerprint density at radius 1 is 1.02 bits per heavy atom. The van der Waals surface area contributed by atoms with Gasteiger partial charge in [-0.25, -0.2) is 0 Å². The lowest BCUT2D eigenvalue weighted by Crippen LogP contribution is -2.60. The smallest absolute Gasteiger partial charge is 0.463 e. The van der Waals surface area contributed by atoms with Gasteiger partial charge < -0.3 is 39.6 Å². The Morgan fingerprint density at radius 2 is 1.70 bits per heavy atom. The molecule has 0 spiro atoms. The second kappa shape index (κ2) is 14.8. The van der Waals surface area contributed by atoms with Gasteiger partial charge in [0.25, 0.3) is 0 Å². The number of aliphatic hydroxyl groups excluding tert-OH is 1. The third-order valence-corrected chi connectivity index (χ3v) is 9.18. The number of esters is 1. The Hall–Kier alpha value is -4.94. The van der Waals surface area contributed by atoms with Crippen molar-refractivity contribution in [3.8, 4) is 17.2 Å². The van der Waals surface area contributed by atoms with Crippen LogP contribution in [0.3, 0.4) is 0 Å². The van der Waals surface area contributed by atoms with Crippen LogP contribution in [-0.4, -0.2) is 94.9 Å². The maximum atomic E-state index is 13.9. The zero-order chi connectivity index (χ0) is 39.2. The molecule has 1 aliphatic heterocycles. The van der Waals surface area contributed by atoms with E-state index in [9.17, 15) is 61.2 Å². The number of ether oxygens (including phenoxy) is 4. The topological polar surface area (TPSA) is 195 Å². The van der Waals surface area contributed by atoms with Gasteiger partial charge in [0.1, 0.15) is 23.4 Å². The summed E-state index contributed by atoms with van der Waals surface area (Å²) in [5.41, 5.74) is -2.51. The van der Waals surface area contributed by atoms with Gasteiger partial charge in [-0.15, -0.1) is 0 Å². The molecule has 1 amide bonds. The average Bonchev–Trinajstić information content (AvgIpc) is 3.10. The number of aliphatic hydroxyl groups is 1. The van der Waals surface area contributed by atoms with Crippen LogP contribution in [0.4, 0.5) is 22.0 Å². The van der Waals surface area contributed by atoms with E-state index in [1.165, 1.54) is 37.5 Å². The molecule has 1 fully saturated rings. The molecule has 4 N–H and O–H groups in total. The number of benzene rings is 2. The first-order valence-electron chi connectivity index (χ1n) is 16.4. The lowest BCUT2D eigenvalue weighted by atomic mass is 9.77. The maximum Gasteiger partial charge on any atom is 0.463 e. The van der Waals surface area contributed by atoms with E-state index in [-0.39, 0.29) is 40.0 Å². The first-order chi connectivity index (χ1) is 24.8. The minimum Gasteiger partial charge on any atom is -0.507 e. The van der Waals surface area contributed by atoms with Crippen molar-refractivity contribution in [2.24, 2.45) is 0 Å². The molecule has 2 aromatic carbocycles. The lowest BCUT2D eigenvalue weighted by molar-refractivity contribution is -0.272. The van der Waals surface area contributed by atoms with Crippen LogP contribution in [0.25, 0.3) is 6.08 Å². The van der Waals surface area contributed by atoms with E-state index in [0.717, 1.165) is 6.08 Å². The van der Waals surface area contributed by atoms with E-state index < -0.39 is 114 Å². The van der Waals surface area contributed by atoms with Crippen molar-refractivity contribution in [3.63, 3.8) is 0 Å². The number of unbranched alkanes of at least 4 members (excludes halogenated alkanes) is 1. The molecule has 1 saturated heterocycles. The van der Waals surface area contributed by atoms with Gasteiger partial charge in [-0.1, -0.05) is 25.5 Å². The molecule has 18 heteroatoms. The SMILES string of the molecule is CCCCC(=O)OCC(=O)C1=Cc2c(O)c3c(c(O)c2[C@@H](OC2CC(NC(=O)C(F)(F)C(F)(F)F)C(O)C(C)O2)C1)C(=O)c1c(OC)cccc1C3=O. The molecule has 53 heavy (non-hydrogen) atoms. The minimum absolute atomic E-state index is 0.0236. The summed E-state index contributed by atoms with van der Waals surface area (Å²) in [6.45, 7) is 2.28. The molecule has 13 nitrogen and oxygen atoms in total. The highest BCUT2D eigenvalue weighted by molar-refractivity contribution is 6.31. The number of hydrogen-bond donors (Lipinski definition) is 4. The summed E-state index contributed by atoms with van der Waals surface area (Å²) in [5, 5.41) is 35.2. The van der Waals surface area contributed by atoms with Gasteiger partial charge in [0, 0.05) is 41.5 Å². The summed E-state index contributed by atoms with van der Waals surface area (Å²) >= 11 is 0. The highest BCUT2D eigenvalue weighted by atomic mass is 19.4. The number of rotatable bonds is 11. The number of halogens is 5. The summed E-state index contributed by atoms with van der Waals surface area (Å²) in [7, 11) is 1.24. The van der Waals surface area contributed by atoms with Crippen LogP contribution in [0.15, 0.2) is 23.8 Å². The molecule has 5 atom stereocenters. The first-order valence-corrected chi connectivity index (χ1v) is 16.4. The van der Waals surface area contributed by atoms with E-state index in [1.807, 2.05) is 6.92 Å². The predicted octanol–water partition coefficient (Wildman–Crippen LogP) is 4.21. The molecule has 0 radical (unpaired) electrons. The molecular weight excluding hydrogens is 721 g/mol. The van der Waals surface area contributed by atoms with Crippen molar-refractivity contribution in [1.29, 1.82) is 0 Å². The van der Waals surface area contributed by atoms with Crippen molar-refractivity contribution in [2.75, 3.05) is 13.7 Å². The van der Waals surface area contributed by atoms with E-state index in [2.05, 4.69) is 0 Å². The molecule has 0 bridgehead atoms. The van der Waals surface area contributed by atoms with E-state index in [1.54, 1.807) is 0 Å². The van der Waals surface area contributed by atoms with E-state index in [0.29, 0.717) is 12.8 Å². The monoisotopic (exact) mass is 755 g/mol. The molecule has 3 aliphatic rings. The molecule has 5 rings (SSSR count). The van der Waals surface area contributed by atoms with Crippen LogP contribution in [0.2, 0.25) is 0 Å². The third-order valence-electron chi connectivity index (χ3n) is 9.18. The highest BCUT2D eigenvalue weighted by Crippen LogP contribution is 2.51. The molecule has 4 unspecified atom stereocenters. The molecule has 1 heterocycles. The molecule has 0 aromatic heterocycles. The van der Waals surface area contributed by atoms with Gasteiger partial charge in [0.2, 0.25) is 5.78 Å². The molecule has 0 saturated carbocycles. The Labute approximate surface area is 297 Å². The summed E-state index contributed by atoms with van der Waals surface area (Å²) in [4.78, 5) is 65.1. The number of Topliss-reactive ketones (excluding diaryl/α,β-unsaturated/α-hetero) is 1. The summed E-state index contributed by atoms with van der Waals surface area (Å²) in [6.07, 6.45) is -11.6. The fourth-order valence-corrected chi connectivity index (χ4v) is 6.39. The van der Waals surface area contributed by atoms with Gasteiger partial charge in [0.15, 0.2) is 24.5 Å². The number of phenols is 2. The number of fused-ring (bicyclic) bond motifs is 3. The fraction of sp³-hybridized carbons (Fsp3) is 0.457. The van der Waals surface area contributed by atoms with Gasteiger partial charge in [-0.2, -0.15) is 22.0 Å². The second-order valence-electron chi connectivity index (χ2n) is 12.7. The maximum absolute atomic E-state index is 13.9. The Bertz CT molecular complexity index is 1890. The van der Waals surface area contributed by atoms with Crippen LogP contribution in [0.1, 0.15) is 95.0 Å². The fourth-order valence-electron chi connectivity index (χ4n) is 6.39. The zero-order valence-corrected chi connectivity index (χ0v) is 28.3. The standard InChI is InChI=1S/C35H34F5NO12/c1-4-5-9-22(43)51-13-19(42)15-10-17-25(32(48)27-26(30(17)46)29(45)16-7-6-8-20(50-3)24(16)31(27)47)21(11-15)53-23-12-18(28(44)14(2)52-23)41-33(49)34(36,37)35(38,39)40/h6-8,10,14,18,21,23,28,44,46,48H,4-5,9,11-13H2,1-3H3,(H,41,49)/t14?,18?,21-,23?,28?/m0/s1. The number of amides is 1. The van der Waals surface area contributed by atoms with Crippen molar-refractivity contribution in [3.05, 3.63) is 57.2 Å². The van der Waals surface area contributed by atoms with Crippen molar-refractivity contribution in [2.45, 2.75) is 88.7 Å². The predicted molar refractivity (Wildman–Crippen MR) is 169 cm³/mol. The summed E-state index contributed by atoms with van der Waals surface area (Å²) in [6, 6.07) is 2.33. The van der Waals surface area contributed by atoms with Crippen LogP contribution < -0.4 is 10.1 Å². The van der Waals surface area contributed by atoms with Gasteiger partial charge in [0.05, 0.1) is 42.0 Å². The Balaban J connectivity index is 1.55. The largest absolute Gasteiger partial charge is 0.507 e. The normalized spacial score (nSPS) is 22.6. The second-order valence-corrected chi connectivity index (χ2v) is 12.7. The molecular formula is C35H34F5NO12. The van der Waals surface area contributed by atoms with E-state index in [4.69, 9.17) is 18.9 Å². The Morgan fingerprint density at radius 3 is 2.34 bits per heavy atom. The highest BCUT2D eigenvalue weighted by Gasteiger charge is 2.64. The quantitative estimate of drug-likeness (QED) is 0.124. The number of hydrogen-bond acceptors (Lipinski definition) is 12. The lowest BCUT2D eigenvalue weighted by Gasteiger charge is -2.40. The van der Waals surface area contributed by atoms with Gasteiger partial charge in [-0.3, -0.25) is 24.0 Å². The van der Waals surface area contributed by atoms with Crippen LogP contribution in [-0.2, 0) is 28.6 Å². The molecule has 286 valence electrons. The molecule has 2 aromatic rings. The van der Waals surface area contributed by atoms with Crippen LogP contribution in [0.5, 0.6) is 17.2 Å². The number of ketones is 3. The average molecular weight is 756 g/mol. The number of nitrogens with one attached hydrogen (secondary N) is 1. The van der Waals surface area contributed by atoms with E-state index >= 15 is 0 Å². The minimum atomic E-state index is -6.25. The summed E-state index contributed by atoms with van der Waals surface area (Å²) in [5.74, 6) is -13.6. The number of methoxy groups -OCH3 is 1. The summed E-state index contributed by atoms with van der Waals surface area (Å²) < 4.78 is 88.2. The number of phenolic OH excluding ortho intramolecular Hbond substituents is 2. The number of carbonyl (C=O) groups is 5. The Kier molecular flexibility index (Phi) is 11.0. The van der Waals surface area contributed by atoms with Gasteiger partial charge in [-0.05, 0) is 25.5 Å². The third kappa shape index (κ3) is 7.22. The number of aromatic hydroxyl groups is 2. The number of carbonyl (C=O) groups excluding carboxylic acids is 5. The zero-order valence-electron chi connectivity index (χ0n) is 28.3. The van der Waals surface area contributed by atoms with Crippen molar-refractivity contribution < 1.29 is 80.2 Å². The van der Waals surface area contributed by atoms with Crippen molar-refractivity contribution in [1.82, 2.24) is 5.32 Å². The first kappa shape index (κ1) is 39.3. The van der Waals surface area contributed by atoms with Gasteiger partial charge >= 0.3 is 24.0 Å².